The van der Waals surface area contributed by atoms with E-state index in [-0.39, 0.29) is 18.7 Å². The van der Waals surface area contributed by atoms with Crippen LogP contribution >= 0.6 is 39.1 Å². The van der Waals surface area contributed by atoms with E-state index in [1.54, 1.807) is 66.7 Å². The zero-order valence-corrected chi connectivity index (χ0v) is 18.7. The van der Waals surface area contributed by atoms with E-state index >= 15 is 0 Å². The molecule has 0 aliphatic carbocycles. The number of Topliss-reactive ketones (excluding diaryl/α,β-unsaturated/α-hetero) is 1. The van der Waals surface area contributed by atoms with Crippen LogP contribution in [0, 0.1) is 0 Å². The first-order valence-electron chi connectivity index (χ1n) is 9.16. The van der Waals surface area contributed by atoms with Crippen LogP contribution in [0.1, 0.15) is 27.9 Å². The lowest BCUT2D eigenvalue weighted by molar-refractivity contribution is -0.136. The van der Waals surface area contributed by atoms with Crippen LogP contribution < -0.4 is 4.90 Å². The molecule has 0 radical (unpaired) electrons. The largest absolute Gasteiger partial charge is 0.375 e. The van der Waals surface area contributed by atoms with Gasteiger partial charge in [0.2, 0.25) is 0 Å². The van der Waals surface area contributed by atoms with Crippen molar-refractivity contribution in [1.29, 1.82) is 0 Å². The Hall–Kier alpha value is -2.18. The molecule has 1 atom stereocenters. The molecule has 1 N–H and O–H groups in total. The molecule has 0 bridgehead atoms. The number of hydrogen-bond acceptors (Lipinski definition) is 3. The number of carbonyl (C=O) groups is 2. The second-order valence-corrected chi connectivity index (χ2v) is 8.87. The summed E-state index contributed by atoms with van der Waals surface area (Å²) < 4.78 is 0.748. The maximum atomic E-state index is 13.3. The van der Waals surface area contributed by atoms with Crippen molar-refractivity contribution in [3.8, 4) is 0 Å². The van der Waals surface area contributed by atoms with E-state index in [4.69, 9.17) is 23.2 Å². The summed E-state index contributed by atoms with van der Waals surface area (Å²) in [6.45, 7) is 0.152. The summed E-state index contributed by atoms with van der Waals surface area (Å²) in [4.78, 5) is 27.7. The number of amides is 1. The first-order valence-corrected chi connectivity index (χ1v) is 10.7. The number of ketones is 1. The molecule has 4 nitrogen and oxygen atoms in total. The van der Waals surface area contributed by atoms with E-state index in [1.807, 2.05) is 0 Å². The van der Waals surface area contributed by atoms with Gasteiger partial charge in [-0.25, -0.2) is 0 Å². The number of fused-ring (bicyclic) bond motifs is 1. The van der Waals surface area contributed by atoms with Gasteiger partial charge in [0.05, 0.1) is 18.7 Å². The molecule has 0 saturated carbocycles. The molecular formula is C23H16BrCl2NO3. The molecule has 1 aliphatic heterocycles. The zero-order chi connectivity index (χ0) is 21.5. The van der Waals surface area contributed by atoms with Gasteiger partial charge in [0.1, 0.15) is 0 Å². The van der Waals surface area contributed by atoms with E-state index in [9.17, 15) is 14.7 Å². The molecule has 1 aliphatic rings. The molecule has 4 rings (SSSR count). The fraction of sp³-hybridized carbons (Fsp3) is 0.130. The molecule has 30 heavy (non-hydrogen) atoms. The maximum absolute atomic E-state index is 13.3. The predicted molar refractivity (Wildman–Crippen MR) is 121 cm³/mol. The SMILES string of the molecule is O=C(CC1(O)C(=O)N(Cc2ccc(Cl)cc2Cl)c2ccccc21)c1cccc(Br)c1. The Kier molecular flexibility index (Phi) is 5.73. The summed E-state index contributed by atoms with van der Waals surface area (Å²) >= 11 is 15.6. The van der Waals surface area contributed by atoms with E-state index in [1.165, 1.54) is 4.90 Å². The molecule has 1 heterocycles. The molecule has 0 fully saturated rings. The van der Waals surface area contributed by atoms with Gasteiger partial charge in [-0.1, -0.05) is 75.5 Å². The van der Waals surface area contributed by atoms with Crippen LogP contribution in [0.5, 0.6) is 0 Å². The fourth-order valence-corrected chi connectivity index (χ4v) is 4.52. The monoisotopic (exact) mass is 503 g/mol. The molecular weight excluding hydrogens is 489 g/mol. The van der Waals surface area contributed by atoms with E-state index in [2.05, 4.69) is 15.9 Å². The van der Waals surface area contributed by atoms with Crippen LogP contribution in [0.25, 0.3) is 0 Å². The van der Waals surface area contributed by atoms with Gasteiger partial charge < -0.3 is 10.0 Å². The van der Waals surface area contributed by atoms with Crippen molar-refractivity contribution in [3.05, 3.63) is 97.9 Å². The Morgan fingerprint density at radius 3 is 2.53 bits per heavy atom. The molecule has 3 aromatic rings. The van der Waals surface area contributed by atoms with Gasteiger partial charge in [-0.3, -0.25) is 9.59 Å². The number of anilines is 1. The predicted octanol–water partition coefficient (Wildman–Crippen LogP) is 5.76. The maximum Gasteiger partial charge on any atom is 0.264 e. The number of benzene rings is 3. The highest BCUT2D eigenvalue weighted by Gasteiger charge is 2.50. The topological polar surface area (TPSA) is 57.6 Å². The molecule has 152 valence electrons. The van der Waals surface area contributed by atoms with Gasteiger partial charge in [-0.2, -0.15) is 0 Å². The number of hydrogen-bond donors (Lipinski definition) is 1. The minimum absolute atomic E-state index is 0.152. The molecule has 0 spiro atoms. The standard InChI is InChI=1S/C23H16BrCl2NO3/c24-16-5-3-4-14(10-16)21(28)12-23(30)18-6-1-2-7-20(18)27(22(23)29)13-15-8-9-17(25)11-19(15)26/h1-11,30H,12-13H2. The minimum Gasteiger partial charge on any atom is -0.375 e. The quantitative estimate of drug-likeness (QED) is 0.449. The highest BCUT2D eigenvalue weighted by atomic mass is 79.9. The van der Waals surface area contributed by atoms with Crippen LogP contribution in [0.3, 0.4) is 0 Å². The smallest absolute Gasteiger partial charge is 0.264 e. The van der Waals surface area contributed by atoms with Crippen LogP contribution in [-0.4, -0.2) is 16.8 Å². The average molecular weight is 505 g/mol. The molecule has 1 unspecified atom stereocenters. The second-order valence-electron chi connectivity index (χ2n) is 7.11. The number of halogens is 3. The third-order valence-corrected chi connectivity index (χ3v) is 6.23. The summed E-state index contributed by atoms with van der Waals surface area (Å²) in [5.41, 5.74) is 0.116. The summed E-state index contributed by atoms with van der Waals surface area (Å²) in [5.74, 6) is -0.883. The fourth-order valence-electron chi connectivity index (χ4n) is 3.65. The molecule has 0 saturated heterocycles. The summed E-state index contributed by atoms with van der Waals surface area (Å²) in [5, 5.41) is 12.3. The van der Waals surface area contributed by atoms with Crippen molar-refractivity contribution in [2.75, 3.05) is 4.90 Å². The Balaban J connectivity index is 1.69. The van der Waals surface area contributed by atoms with Gasteiger partial charge in [0.15, 0.2) is 11.4 Å². The number of aliphatic hydroxyl groups is 1. The van der Waals surface area contributed by atoms with Crippen molar-refractivity contribution < 1.29 is 14.7 Å². The molecule has 7 heteroatoms. The summed E-state index contributed by atoms with van der Waals surface area (Å²) in [7, 11) is 0. The van der Waals surface area contributed by atoms with Crippen molar-refractivity contribution in [3.63, 3.8) is 0 Å². The Bertz CT molecular complexity index is 1170. The Labute approximate surface area is 192 Å². The second kappa shape index (κ2) is 8.16. The lowest BCUT2D eigenvalue weighted by atomic mass is 9.88. The minimum atomic E-state index is -1.95. The zero-order valence-electron chi connectivity index (χ0n) is 15.6. The van der Waals surface area contributed by atoms with E-state index < -0.39 is 11.5 Å². The highest BCUT2D eigenvalue weighted by Crippen LogP contribution is 2.44. The average Bonchev–Trinajstić information content (AvgIpc) is 2.92. The van der Waals surface area contributed by atoms with E-state index in [0.717, 1.165) is 4.47 Å². The Morgan fingerprint density at radius 2 is 1.80 bits per heavy atom. The molecule has 3 aromatic carbocycles. The molecule has 0 aromatic heterocycles. The number of rotatable bonds is 5. The number of carbonyl (C=O) groups excluding carboxylic acids is 2. The molecule has 1 amide bonds. The van der Waals surface area contributed by atoms with Gasteiger partial charge >= 0.3 is 0 Å². The Morgan fingerprint density at radius 1 is 1.03 bits per heavy atom. The van der Waals surface area contributed by atoms with Gasteiger partial charge in [0.25, 0.3) is 5.91 Å². The lowest BCUT2D eigenvalue weighted by Crippen LogP contribution is -2.41. The lowest BCUT2D eigenvalue weighted by Gasteiger charge is -2.23. The van der Waals surface area contributed by atoms with Crippen molar-refractivity contribution in [2.45, 2.75) is 18.6 Å². The van der Waals surface area contributed by atoms with Crippen LogP contribution in [0.15, 0.2) is 71.2 Å². The normalized spacial score (nSPS) is 17.9. The summed E-state index contributed by atoms with van der Waals surface area (Å²) in [6, 6.07) is 18.8. The summed E-state index contributed by atoms with van der Waals surface area (Å²) in [6.07, 6.45) is -0.357. The van der Waals surface area contributed by atoms with Gasteiger partial charge in [-0.15, -0.1) is 0 Å². The van der Waals surface area contributed by atoms with Gasteiger partial charge in [-0.05, 0) is 35.9 Å². The van der Waals surface area contributed by atoms with Crippen LogP contribution in [-0.2, 0) is 16.9 Å². The number of nitrogens with zero attached hydrogens (tertiary/aromatic N) is 1. The van der Waals surface area contributed by atoms with Crippen LogP contribution in [0.4, 0.5) is 5.69 Å². The van der Waals surface area contributed by atoms with E-state index in [0.29, 0.717) is 32.4 Å². The third-order valence-electron chi connectivity index (χ3n) is 5.15. The first-order chi connectivity index (χ1) is 14.3. The highest BCUT2D eigenvalue weighted by molar-refractivity contribution is 9.10. The van der Waals surface area contributed by atoms with Crippen molar-refractivity contribution in [2.24, 2.45) is 0 Å². The van der Waals surface area contributed by atoms with Crippen LogP contribution in [0.2, 0.25) is 10.0 Å². The third kappa shape index (κ3) is 3.79. The van der Waals surface area contributed by atoms with Crippen molar-refractivity contribution in [1.82, 2.24) is 0 Å². The van der Waals surface area contributed by atoms with Crippen molar-refractivity contribution >= 4 is 56.5 Å². The van der Waals surface area contributed by atoms with Gasteiger partial charge in [0, 0.05) is 25.6 Å². The first kappa shape index (κ1) is 21.1. The number of para-hydroxylation sites is 1.